The number of nitrogens with zero attached hydrogens (tertiary/aromatic N) is 5. The molecule has 274 valence electrons. The summed E-state index contributed by atoms with van der Waals surface area (Å²) >= 11 is 5.74. The summed E-state index contributed by atoms with van der Waals surface area (Å²) in [5.74, 6) is -0.886. The number of fused-ring (bicyclic) bond motifs is 1. The molecule has 0 aliphatic rings. The summed E-state index contributed by atoms with van der Waals surface area (Å²) < 4.78 is 33.8. The van der Waals surface area contributed by atoms with E-state index in [1.165, 1.54) is 44.6 Å². The number of anilines is 2. The van der Waals surface area contributed by atoms with Gasteiger partial charge in [0.1, 0.15) is 41.1 Å². The van der Waals surface area contributed by atoms with Crippen LogP contribution in [0.15, 0.2) is 49.1 Å². The Kier molecular flexibility index (Phi) is 14.9. The van der Waals surface area contributed by atoms with Crippen LogP contribution in [0.4, 0.5) is 20.2 Å². The summed E-state index contributed by atoms with van der Waals surface area (Å²) in [6.07, 6.45) is 3.92. The summed E-state index contributed by atoms with van der Waals surface area (Å²) in [4.78, 5) is 36.7. The van der Waals surface area contributed by atoms with Crippen LogP contribution in [-0.4, -0.2) is 115 Å². The fourth-order valence-corrected chi connectivity index (χ4v) is 4.47. The quantitative estimate of drug-likeness (QED) is 0.0690. The van der Waals surface area contributed by atoms with Gasteiger partial charge in [0.15, 0.2) is 0 Å². The average molecular weight is 733 g/mol. The highest BCUT2D eigenvalue weighted by atomic mass is 35.5. The van der Waals surface area contributed by atoms with Gasteiger partial charge in [0.2, 0.25) is 0 Å². The smallest absolute Gasteiger partial charge is 0.341 e. The van der Waals surface area contributed by atoms with Gasteiger partial charge in [0, 0.05) is 36.2 Å². The molecule has 0 aliphatic heterocycles. The molecule has 7 N–H and O–H groups in total. The van der Waals surface area contributed by atoms with Crippen LogP contribution < -0.4 is 16.0 Å². The van der Waals surface area contributed by atoms with E-state index in [1.807, 2.05) is 6.07 Å². The standard InChI is InChI=1S/C22H24F2N6O3.C11H15ClN2O4/c1-22(2,33)18(24)11-28-21(32)16-10-26-19(6-17(16)29-15(7-23)12-31)30-4-3-14-5-13(8-25)9-27-20(14)30;1-2-18-11(17)8-4-13-10(12)3-9(8)14-7(5-15)6-16/h3-6,9-10,15,18,31,33H,7,11-12H2,1-2H3,(H,26,29)(H,28,32);3-4,7,15-16H,2,5-6H2,1H3,(H,13,14)/t15?,18-;/m1./s1. The first kappa shape index (κ1) is 40.4. The predicted molar refractivity (Wildman–Crippen MR) is 184 cm³/mol. The van der Waals surface area contributed by atoms with Crippen molar-refractivity contribution in [3.63, 3.8) is 0 Å². The minimum atomic E-state index is -1.71. The molecule has 51 heavy (non-hydrogen) atoms. The number of hydrogen-bond donors (Lipinski definition) is 7. The van der Waals surface area contributed by atoms with Crippen LogP contribution in [0.5, 0.6) is 0 Å². The highest BCUT2D eigenvalue weighted by Crippen LogP contribution is 2.24. The second-order valence-electron chi connectivity index (χ2n) is 11.5. The van der Waals surface area contributed by atoms with Crippen molar-refractivity contribution >= 4 is 45.9 Å². The number of rotatable bonds is 15. The molecule has 1 unspecified atom stereocenters. The van der Waals surface area contributed by atoms with Crippen molar-refractivity contribution in [2.75, 3.05) is 50.3 Å². The average Bonchev–Trinajstić information content (AvgIpc) is 3.54. The van der Waals surface area contributed by atoms with Gasteiger partial charge in [-0.2, -0.15) is 5.26 Å². The van der Waals surface area contributed by atoms with E-state index in [9.17, 15) is 28.6 Å². The van der Waals surface area contributed by atoms with Gasteiger partial charge in [-0.3, -0.25) is 9.36 Å². The Bertz CT molecular complexity index is 1830. The molecular weight excluding hydrogens is 694 g/mol. The van der Waals surface area contributed by atoms with E-state index in [-0.39, 0.29) is 41.8 Å². The van der Waals surface area contributed by atoms with Crippen LogP contribution in [0.3, 0.4) is 0 Å². The lowest BCUT2D eigenvalue weighted by atomic mass is 10.0. The number of aliphatic hydroxyl groups excluding tert-OH is 3. The fourth-order valence-electron chi connectivity index (χ4n) is 4.32. The topological polar surface area (TPSA) is 228 Å². The van der Waals surface area contributed by atoms with E-state index in [0.717, 1.165) is 0 Å². The van der Waals surface area contributed by atoms with Gasteiger partial charge >= 0.3 is 5.97 Å². The molecular formula is C33H39ClF2N8O7. The Morgan fingerprint density at radius 3 is 2.27 bits per heavy atom. The van der Waals surface area contributed by atoms with Crippen LogP contribution in [0.2, 0.25) is 5.15 Å². The number of ether oxygens (including phenoxy) is 1. The highest BCUT2D eigenvalue weighted by Gasteiger charge is 2.27. The van der Waals surface area contributed by atoms with Crippen molar-refractivity contribution in [1.82, 2.24) is 24.8 Å². The zero-order chi connectivity index (χ0) is 37.7. The van der Waals surface area contributed by atoms with Gasteiger partial charge in [0.05, 0.1) is 73.2 Å². The molecule has 2 atom stereocenters. The number of hydrogen-bond acceptors (Lipinski definition) is 13. The third-order valence-electron chi connectivity index (χ3n) is 7.18. The lowest BCUT2D eigenvalue weighted by Gasteiger charge is -2.23. The molecule has 0 bridgehead atoms. The first-order chi connectivity index (χ1) is 24.3. The van der Waals surface area contributed by atoms with Crippen LogP contribution in [0.25, 0.3) is 16.9 Å². The normalized spacial score (nSPS) is 12.4. The van der Waals surface area contributed by atoms with E-state index in [0.29, 0.717) is 28.1 Å². The van der Waals surface area contributed by atoms with Crippen molar-refractivity contribution < 1.29 is 43.5 Å². The van der Waals surface area contributed by atoms with E-state index in [1.54, 1.807) is 29.8 Å². The summed E-state index contributed by atoms with van der Waals surface area (Å²) in [6.45, 7) is 2.09. The van der Waals surface area contributed by atoms with Crippen LogP contribution in [0.1, 0.15) is 47.1 Å². The molecule has 4 aromatic heterocycles. The number of aromatic nitrogens is 4. The van der Waals surface area contributed by atoms with Crippen molar-refractivity contribution in [3.8, 4) is 11.9 Å². The Balaban J connectivity index is 0.000000330. The largest absolute Gasteiger partial charge is 0.462 e. The Hall–Kier alpha value is -4.99. The van der Waals surface area contributed by atoms with E-state index in [2.05, 4.69) is 30.9 Å². The molecule has 15 nitrogen and oxygen atoms in total. The molecule has 0 spiro atoms. The van der Waals surface area contributed by atoms with E-state index < -0.39 is 55.6 Å². The van der Waals surface area contributed by atoms with Crippen LogP contribution in [-0.2, 0) is 4.74 Å². The number of pyridine rings is 3. The Morgan fingerprint density at radius 1 is 1.02 bits per heavy atom. The van der Waals surface area contributed by atoms with E-state index in [4.69, 9.17) is 31.8 Å². The summed E-state index contributed by atoms with van der Waals surface area (Å²) in [5.41, 5.74) is 0.0105. The molecule has 4 rings (SSSR count). The molecule has 1 amide bonds. The number of carbonyl (C=O) groups excluding carboxylic acids is 2. The predicted octanol–water partition coefficient (Wildman–Crippen LogP) is 2.55. The van der Waals surface area contributed by atoms with Crippen molar-refractivity contribution in [2.45, 2.75) is 44.6 Å². The number of halogens is 3. The van der Waals surface area contributed by atoms with Gasteiger partial charge in [-0.15, -0.1) is 0 Å². The number of nitrogens with one attached hydrogen (secondary N) is 3. The number of nitriles is 1. The number of amides is 1. The van der Waals surface area contributed by atoms with Gasteiger partial charge in [-0.05, 0) is 39.0 Å². The Morgan fingerprint density at radius 2 is 1.67 bits per heavy atom. The second kappa shape index (κ2) is 18.8. The van der Waals surface area contributed by atoms with Gasteiger partial charge < -0.3 is 41.1 Å². The Labute approximate surface area is 296 Å². The van der Waals surface area contributed by atoms with Gasteiger partial charge in [-0.1, -0.05) is 11.6 Å². The second-order valence-corrected chi connectivity index (χ2v) is 11.9. The maximum atomic E-state index is 14.0. The summed E-state index contributed by atoms with van der Waals surface area (Å²) in [7, 11) is 0. The maximum absolute atomic E-state index is 14.0. The fraction of sp³-hybridized carbons (Fsp3) is 0.394. The number of aliphatic hydroxyl groups is 4. The summed E-state index contributed by atoms with van der Waals surface area (Å²) in [5, 5.41) is 55.0. The lowest BCUT2D eigenvalue weighted by molar-refractivity contribution is -0.00178. The maximum Gasteiger partial charge on any atom is 0.341 e. The first-order valence-electron chi connectivity index (χ1n) is 15.6. The molecule has 0 aromatic carbocycles. The van der Waals surface area contributed by atoms with Crippen molar-refractivity contribution in [1.29, 1.82) is 5.26 Å². The molecule has 18 heteroatoms. The number of esters is 1. The molecule has 0 fully saturated rings. The number of carbonyl (C=O) groups is 2. The monoisotopic (exact) mass is 732 g/mol. The SMILES string of the molecule is CC(C)(O)[C@H](F)CNC(=O)c1cnc(-n2ccc3cc(C#N)cnc32)cc1NC(CO)CF.CCOC(=O)c1cnc(Cl)cc1NC(CO)CO. The van der Waals surface area contributed by atoms with Crippen LogP contribution in [0, 0.1) is 11.3 Å². The van der Waals surface area contributed by atoms with Gasteiger partial charge in [-0.25, -0.2) is 28.5 Å². The molecule has 4 aromatic rings. The minimum Gasteiger partial charge on any atom is -0.462 e. The van der Waals surface area contributed by atoms with Crippen molar-refractivity contribution in [3.05, 3.63) is 70.9 Å². The minimum absolute atomic E-state index is 0.00443. The molecule has 4 heterocycles. The van der Waals surface area contributed by atoms with Gasteiger partial charge in [0.25, 0.3) is 5.91 Å². The highest BCUT2D eigenvalue weighted by molar-refractivity contribution is 6.29. The molecule has 0 saturated carbocycles. The molecule has 0 aliphatic carbocycles. The first-order valence-corrected chi connectivity index (χ1v) is 15.9. The van der Waals surface area contributed by atoms with Crippen LogP contribution >= 0.6 is 11.6 Å². The zero-order valence-electron chi connectivity index (χ0n) is 28.0. The lowest BCUT2D eigenvalue weighted by Crippen LogP contribution is -2.42. The van der Waals surface area contributed by atoms with E-state index >= 15 is 0 Å². The third kappa shape index (κ3) is 11.0. The number of alkyl halides is 2. The molecule has 0 radical (unpaired) electrons. The van der Waals surface area contributed by atoms with Crippen molar-refractivity contribution in [2.24, 2.45) is 0 Å². The third-order valence-corrected chi connectivity index (χ3v) is 7.38. The zero-order valence-corrected chi connectivity index (χ0v) is 28.7. The molecule has 0 saturated heterocycles. The summed E-state index contributed by atoms with van der Waals surface area (Å²) in [6, 6.07) is 6.78.